The van der Waals surface area contributed by atoms with E-state index in [0.29, 0.717) is 11.5 Å². The maximum Gasteiger partial charge on any atom is 0.226 e. The highest BCUT2D eigenvalue weighted by atomic mass is 16.3. The van der Waals surface area contributed by atoms with Crippen LogP contribution in [0.5, 0.6) is 0 Å². The quantitative estimate of drug-likeness (QED) is 0.570. The summed E-state index contributed by atoms with van der Waals surface area (Å²) in [6.45, 7) is 4.19. The Labute approximate surface area is 161 Å². The first kappa shape index (κ1) is 16.9. The molecular weight excluding hydrogens is 354 g/mol. The van der Waals surface area contributed by atoms with Crippen LogP contribution in [0.3, 0.4) is 0 Å². The van der Waals surface area contributed by atoms with Crippen LogP contribution in [0.1, 0.15) is 42.5 Å². The number of rotatable bonds is 3. The van der Waals surface area contributed by atoms with Gasteiger partial charge in [-0.1, -0.05) is 6.07 Å². The van der Waals surface area contributed by atoms with Crippen LogP contribution in [-0.2, 0) is 12.0 Å². The van der Waals surface area contributed by atoms with Crippen molar-refractivity contribution in [2.45, 2.75) is 31.9 Å². The summed E-state index contributed by atoms with van der Waals surface area (Å²) in [5.41, 5.74) is 3.69. The predicted octanol–water partition coefficient (Wildman–Crippen LogP) is 2.23. The Bertz CT molecular complexity index is 1090. The van der Waals surface area contributed by atoms with Crippen molar-refractivity contribution >= 4 is 11.5 Å². The molecule has 0 saturated carbocycles. The van der Waals surface area contributed by atoms with Crippen LogP contribution in [0.2, 0.25) is 0 Å². The number of nitrogens with one attached hydrogen (secondary N) is 1. The minimum absolute atomic E-state index is 0.178. The van der Waals surface area contributed by atoms with Gasteiger partial charge in [0.1, 0.15) is 6.04 Å². The Morgan fingerprint density at radius 2 is 2.00 bits per heavy atom. The van der Waals surface area contributed by atoms with Gasteiger partial charge < -0.3 is 15.0 Å². The molecule has 142 valence electrons. The van der Waals surface area contributed by atoms with E-state index in [4.69, 9.17) is 5.10 Å². The zero-order valence-electron chi connectivity index (χ0n) is 15.7. The topological polar surface area (TPSA) is 95.2 Å². The normalized spacial score (nSPS) is 17.1. The average molecular weight is 375 g/mol. The van der Waals surface area contributed by atoms with Gasteiger partial charge in [-0.15, -0.1) is 0 Å². The van der Waals surface area contributed by atoms with E-state index in [0.717, 1.165) is 35.6 Å². The lowest BCUT2D eigenvalue weighted by Crippen LogP contribution is -2.38. The van der Waals surface area contributed by atoms with Crippen LogP contribution in [-0.4, -0.2) is 41.2 Å². The predicted molar refractivity (Wildman–Crippen MR) is 104 cm³/mol. The highest BCUT2D eigenvalue weighted by molar-refractivity contribution is 5.52. The molecule has 0 aliphatic carbocycles. The van der Waals surface area contributed by atoms with Gasteiger partial charge in [-0.2, -0.15) is 5.10 Å². The van der Waals surface area contributed by atoms with Crippen LogP contribution in [0.15, 0.2) is 49.2 Å². The monoisotopic (exact) mass is 375 g/mol. The summed E-state index contributed by atoms with van der Waals surface area (Å²) in [6, 6.07) is 7.89. The van der Waals surface area contributed by atoms with Crippen LogP contribution in [0.4, 0.5) is 5.95 Å². The molecule has 8 nitrogen and oxygen atoms in total. The molecule has 4 aromatic rings. The van der Waals surface area contributed by atoms with Crippen molar-refractivity contribution < 1.29 is 5.11 Å². The lowest BCUT2D eigenvalue weighted by Gasteiger charge is -2.34. The number of anilines is 1. The molecule has 1 aliphatic heterocycles. The first-order valence-corrected chi connectivity index (χ1v) is 9.29. The van der Waals surface area contributed by atoms with E-state index >= 15 is 0 Å². The summed E-state index contributed by atoms with van der Waals surface area (Å²) < 4.78 is 1.87. The SMILES string of the molecule is CC(C)(O)c1cnc(N2CCc3[nH]cnc3[C@H]2c2cc3ccccn3n2)nc1. The van der Waals surface area contributed by atoms with Gasteiger partial charge in [-0.25, -0.2) is 19.5 Å². The molecule has 28 heavy (non-hydrogen) atoms. The van der Waals surface area contributed by atoms with Gasteiger partial charge in [0.15, 0.2) is 0 Å². The van der Waals surface area contributed by atoms with E-state index < -0.39 is 5.60 Å². The highest BCUT2D eigenvalue weighted by Gasteiger charge is 2.34. The number of H-pyrrole nitrogens is 1. The van der Waals surface area contributed by atoms with Gasteiger partial charge in [0, 0.05) is 42.8 Å². The summed E-state index contributed by atoms with van der Waals surface area (Å²) in [4.78, 5) is 19.0. The maximum absolute atomic E-state index is 10.2. The summed E-state index contributed by atoms with van der Waals surface area (Å²) in [5, 5.41) is 15.0. The fourth-order valence-corrected chi connectivity index (χ4v) is 3.67. The zero-order valence-corrected chi connectivity index (χ0v) is 15.7. The second-order valence-corrected chi connectivity index (χ2v) is 7.58. The van der Waals surface area contributed by atoms with Gasteiger partial charge in [0.25, 0.3) is 0 Å². The molecule has 0 fully saturated rings. The molecule has 0 unspecified atom stereocenters. The summed E-state index contributed by atoms with van der Waals surface area (Å²) in [7, 11) is 0. The number of fused-ring (bicyclic) bond motifs is 2. The fraction of sp³-hybridized carbons (Fsp3) is 0.300. The van der Waals surface area contributed by atoms with E-state index in [1.807, 2.05) is 28.9 Å². The lowest BCUT2D eigenvalue weighted by atomic mass is 10.00. The Morgan fingerprint density at radius 1 is 1.18 bits per heavy atom. The van der Waals surface area contributed by atoms with Gasteiger partial charge in [0.2, 0.25) is 5.95 Å². The molecule has 0 amide bonds. The molecule has 5 rings (SSSR count). The molecular formula is C20H21N7O. The summed E-state index contributed by atoms with van der Waals surface area (Å²) >= 11 is 0. The Hall–Kier alpha value is -3.26. The standard InChI is InChI=1S/C20H21N7O/c1-20(2,28)13-10-21-19(22-11-13)26-8-6-15-17(24-12-23-15)18(26)16-9-14-5-3-4-7-27(14)25-16/h3-5,7,9-12,18,28H,6,8H2,1-2H3,(H,23,24)/t18-/m1/s1. The molecule has 0 aromatic carbocycles. The first-order chi connectivity index (χ1) is 13.5. The average Bonchev–Trinajstić information content (AvgIpc) is 3.33. The minimum Gasteiger partial charge on any atom is -0.386 e. The van der Waals surface area contributed by atoms with Gasteiger partial charge in [0.05, 0.1) is 28.8 Å². The van der Waals surface area contributed by atoms with E-state index in [9.17, 15) is 5.11 Å². The molecule has 4 aromatic heterocycles. The van der Waals surface area contributed by atoms with Crippen molar-refractivity contribution in [2.75, 3.05) is 11.4 Å². The second-order valence-electron chi connectivity index (χ2n) is 7.58. The minimum atomic E-state index is -0.975. The molecule has 8 heteroatoms. The second kappa shape index (κ2) is 6.13. The van der Waals surface area contributed by atoms with Crippen molar-refractivity contribution in [1.82, 2.24) is 29.5 Å². The third-order valence-corrected chi connectivity index (χ3v) is 5.20. The zero-order chi connectivity index (χ0) is 19.3. The van der Waals surface area contributed by atoms with Gasteiger partial charge in [-0.3, -0.25) is 0 Å². The van der Waals surface area contributed by atoms with Crippen molar-refractivity contribution in [3.8, 4) is 0 Å². The third-order valence-electron chi connectivity index (χ3n) is 5.20. The molecule has 5 heterocycles. The van der Waals surface area contributed by atoms with E-state index in [2.05, 4.69) is 30.9 Å². The number of aromatic amines is 1. The van der Waals surface area contributed by atoms with Gasteiger partial charge >= 0.3 is 0 Å². The Morgan fingerprint density at radius 3 is 2.75 bits per heavy atom. The lowest BCUT2D eigenvalue weighted by molar-refractivity contribution is 0.0778. The van der Waals surface area contributed by atoms with Gasteiger partial charge in [-0.05, 0) is 32.0 Å². The number of nitrogens with zero attached hydrogens (tertiary/aromatic N) is 6. The molecule has 1 aliphatic rings. The smallest absolute Gasteiger partial charge is 0.226 e. The molecule has 2 N–H and O–H groups in total. The third kappa shape index (κ3) is 2.73. The summed E-state index contributed by atoms with van der Waals surface area (Å²) in [6.07, 6.45) is 7.86. The molecule has 0 spiro atoms. The van der Waals surface area contributed by atoms with Crippen LogP contribution >= 0.6 is 0 Å². The van der Waals surface area contributed by atoms with Crippen LogP contribution in [0, 0.1) is 0 Å². The number of aliphatic hydroxyl groups is 1. The van der Waals surface area contributed by atoms with Crippen molar-refractivity contribution in [1.29, 1.82) is 0 Å². The van der Waals surface area contributed by atoms with Crippen LogP contribution in [0.25, 0.3) is 5.52 Å². The molecule has 0 bridgehead atoms. The van der Waals surface area contributed by atoms with Crippen molar-refractivity contribution in [3.63, 3.8) is 0 Å². The number of hydrogen-bond donors (Lipinski definition) is 2. The Kier molecular flexibility index (Phi) is 3.70. The Balaban J connectivity index is 1.60. The fourth-order valence-electron chi connectivity index (χ4n) is 3.67. The van der Waals surface area contributed by atoms with E-state index in [1.54, 1.807) is 32.6 Å². The van der Waals surface area contributed by atoms with Crippen LogP contribution < -0.4 is 4.90 Å². The number of hydrogen-bond acceptors (Lipinski definition) is 6. The molecule has 1 atom stereocenters. The van der Waals surface area contributed by atoms with Crippen molar-refractivity contribution in [3.05, 3.63) is 71.8 Å². The molecule has 0 radical (unpaired) electrons. The summed E-state index contributed by atoms with van der Waals surface area (Å²) in [5.74, 6) is 0.601. The molecule has 0 saturated heterocycles. The largest absolute Gasteiger partial charge is 0.386 e. The maximum atomic E-state index is 10.2. The van der Waals surface area contributed by atoms with E-state index in [1.165, 1.54) is 0 Å². The highest BCUT2D eigenvalue weighted by Crippen LogP contribution is 2.35. The number of pyridine rings is 1. The first-order valence-electron chi connectivity index (χ1n) is 9.29. The van der Waals surface area contributed by atoms with E-state index in [-0.39, 0.29) is 6.04 Å². The van der Waals surface area contributed by atoms with Crippen molar-refractivity contribution in [2.24, 2.45) is 0 Å². The number of aromatic nitrogens is 6. The number of imidazole rings is 1.